The molecule has 1 aliphatic heterocycles. The number of ether oxygens (including phenoxy) is 1. The summed E-state index contributed by atoms with van der Waals surface area (Å²) in [5.74, 6) is 1.36. The normalized spacial score (nSPS) is 13.3. The van der Waals surface area contributed by atoms with E-state index in [1.165, 1.54) is 12.4 Å². The summed E-state index contributed by atoms with van der Waals surface area (Å²) in [6.45, 7) is 7.95. The average molecular weight is 356 g/mol. The number of hydrogen-bond donors (Lipinski definition) is 3. The van der Waals surface area contributed by atoms with Gasteiger partial charge in [-0.05, 0) is 5.92 Å². The lowest BCUT2D eigenvalue weighted by Gasteiger charge is -2.12. The molecule has 1 saturated heterocycles. The highest BCUT2D eigenvalue weighted by atomic mass is 16.5. The Labute approximate surface area is 153 Å². The first-order valence-corrected chi connectivity index (χ1v) is 8.47. The Bertz CT molecular complexity index is 711. The number of nitrogens with zero attached hydrogens (tertiary/aromatic N) is 5. The Morgan fingerprint density at radius 2 is 1.92 bits per heavy atom. The molecule has 0 atom stereocenters. The van der Waals surface area contributed by atoms with Crippen molar-refractivity contribution in [1.29, 1.82) is 5.26 Å². The van der Waals surface area contributed by atoms with Crippen LogP contribution in [-0.2, 0) is 4.74 Å². The summed E-state index contributed by atoms with van der Waals surface area (Å²) in [5.41, 5.74) is 2.09. The number of aromatic nitrogens is 4. The molecule has 0 aliphatic carbocycles. The molecule has 26 heavy (non-hydrogen) atoms. The monoisotopic (exact) mass is 356 g/mol. The van der Waals surface area contributed by atoms with Crippen LogP contribution in [0.5, 0.6) is 0 Å². The summed E-state index contributed by atoms with van der Waals surface area (Å²) >= 11 is 0. The third-order valence-corrected chi connectivity index (χ3v) is 3.51. The van der Waals surface area contributed by atoms with Gasteiger partial charge >= 0.3 is 0 Å². The lowest BCUT2D eigenvalue weighted by Crippen LogP contribution is -2.30. The molecule has 0 radical (unpaired) electrons. The molecule has 0 amide bonds. The van der Waals surface area contributed by atoms with Gasteiger partial charge in [0.1, 0.15) is 11.9 Å². The first kappa shape index (κ1) is 19.5. The third kappa shape index (κ3) is 5.91. The quantitative estimate of drug-likeness (QED) is 0.750. The van der Waals surface area contributed by atoms with Gasteiger partial charge in [0.15, 0.2) is 11.5 Å². The molecule has 0 aromatic carbocycles. The summed E-state index contributed by atoms with van der Waals surface area (Å²) in [7, 11) is 1.84. The van der Waals surface area contributed by atoms with E-state index in [1.54, 1.807) is 0 Å². The first-order chi connectivity index (χ1) is 12.6. The largest absolute Gasteiger partial charge is 0.386 e. The number of anilines is 3. The van der Waals surface area contributed by atoms with Crippen molar-refractivity contribution in [2.75, 3.05) is 44.0 Å². The molecule has 9 heteroatoms. The van der Waals surface area contributed by atoms with Gasteiger partial charge in [-0.25, -0.2) is 9.97 Å². The summed E-state index contributed by atoms with van der Waals surface area (Å²) in [6, 6.07) is 3.78. The summed E-state index contributed by atoms with van der Waals surface area (Å²) in [5, 5.41) is 26.2. The van der Waals surface area contributed by atoms with Gasteiger partial charge in [-0.1, -0.05) is 13.8 Å². The lowest BCUT2D eigenvalue weighted by molar-refractivity contribution is 0.109. The molecule has 9 nitrogen and oxygen atoms in total. The van der Waals surface area contributed by atoms with E-state index in [0.717, 1.165) is 37.7 Å². The molecule has 1 aliphatic rings. The molecule has 0 bridgehead atoms. The van der Waals surface area contributed by atoms with E-state index in [1.807, 2.05) is 19.2 Å². The zero-order valence-corrected chi connectivity index (χ0v) is 15.3. The number of hydrogen-bond acceptors (Lipinski definition) is 9. The van der Waals surface area contributed by atoms with Gasteiger partial charge in [0.05, 0.1) is 37.0 Å². The second kappa shape index (κ2) is 10.2. The number of nitrogens with one attached hydrogen (secondary N) is 3. The van der Waals surface area contributed by atoms with Crippen LogP contribution in [0.2, 0.25) is 0 Å². The maximum absolute atomic E-state index is 8.67. The highest BCUT2D eigenvalue weighted by Crippen LogP contribution is 2.23. The van der Waals surface area contributed by atoms with E-state index < -0.39 is 0 Å². The molecule has 1 fully saturated rings. The SMILES string of the molecule is C1COCCN1.CNc1cc(Nc2cnc(C#N)cn2)nnc1C(C)C. The van der Waals surface area contributed by atoms with E-state index >= 15 is 0 Å². The van der Waals surface area contributed by atoms with Crippen LogP contribution < -0.4 is 16.0 Å². The van der Waals surface area contributed by atoms with E-state index in [0.29, 0.717) is 11.6 Å². The molecule has 3 rings (SSSR count). The van der Waals surface area contributed by atoms with Gasteiger partial charge in [0.2, 0.25) is 0 Å². The standard InChI is InChI=1S/C13H15N7.C4H9NO/c1-8(2)13-10(15-3)4-11(19-20-13)18-12-7-16-9(5-14)6-17-12;1-3-6-4-2-5-1/h4,6-8H,1-3H3,(H2,15,17,18,19);5H,1-4H2. The fourth-order valence-electron chi connectivity index (χ4n) is 2.19. The number of nitriles is 1. The van der Waals surface area contributed by atoms with Gasteiger partial charge in [-0.15, -0.1) is 5.10 Å². The minimum absolute atomic E-state index is 0.271. The van der Waals surface area contributed by atoms with Crippen LogP contribution in [0.1, 0.15) is 31.2 Å². The highest BCUT2D eigenvalue weighted by Gasteiger charge is 2.10. The summed E-state index contributed by atoms with van der Waals surface area (Å²) in [4.78, 5) is 8.01. The smallest absolute Gasteiger partial charge is 0.158 e. The van der Waals surface area contributed by atoms with Gasteiger partial charge in [0, 0.05) is 26.2 Å². The van der Waals surface area contributed by atoms with E-state index in [-0.39, 0.29) is 11.6 Å². The van der Waals surface area contributed by atoms with Crippen molar-refractivity contribution in [3.8, 4) is 6.07 Å². The topological polar surface area (TPSA) is 121 Å². The molecule has 0 unspecified atom stereocenters. The van der Waals surface area contributed by atoms with Crippen LogP contribution in [0.4, 0.5) is 17.3 Å². The van der Waals surface area contributed by atoms with Crippen molar-refractivity contribution in [3.05, 3.63) is 29.8 Å². The Kier molecular flexibility index (Phi) is 7.67. The maximum atomic E-state index is 8.67. The molecule has 0 saturated carbocycles. The van der Waals surface area contributed by atoms with Crippen LogP contribution in [0, 0.1) is 11.3 Å². The predicted molar refractivity (Wildman–Crippen MR) is 99.4 cm³/mol. The summed E-state index contributed by atoms with van der Waals surface area (Å²) < 4.78 is 5.01. The average Bonchev–Trinajstić information content (AvgIpc) is 2.70. The van der Waals surface area contributed by atoms with E-state index in [4.69, 9.17) is 10.00 Å². The fourth-order valence-corrected chi connectivity index (χ4v) is 2.19. The molecular formula is C17H24N8O. The number of morpholine rings is 1. The van der Waals surface area contributed by atoms with Crippen LogP contribution >= 0.6 is 0 Å². The van der Waals surface area contributed by atoms with Gasteiger partial charge in [-0.3, -0.25) is 0 Å². The van der Waals surface area contributed by atoms with Crippen molar-refractivity contribution in [1.82, 2.24) is 25.5 Å². The van der Waals surface area contributed by atoms with Crippen LogP contribution in [-0.4, -0.2) is 53.5 Å². The molecule has 0 spiro atoms. The van der Waals surface area contributed by atoms with Crippen molar-refractivity contribution in [2.45, 2.75) is 19.8 Å². The first-order valence-electron chi connectivity index (χ1n) is 8.47. The molecular weight excluding hydrogens is 332 g/mol. The highest BCUT2D eigenvalue weighted by molar-refractivity contribution is 5.59. The third-order valence-electron chi connectivity index (χ3n) is 3.51. The maximum Gasteiger partial charge on any atom is 0.158 e. The summed E-state index contributed by atoms with van der Waals surface area (Å²) in [6.07, 6.45) is 2.88. The van der Waals surface area contributed by atoms with Crippen LogP contribution in [0.15, 0.2) is 18.5 Å². The zero-order valence-electron chi connectivity index (χ0n) is 15.3. The van der Waals surface area contributed by atoms with Gasteiger partial charge in [-0.2, -0.15) is 10.4 Å². The minimum Gasteiger partial charge on any atom is -0.386 e. The predicted octanol–water partition coefficient (Wildman–Crippen LogP) is 1.65. The second-order valence-electron chi connectivity index (χ2n) is 5.82. The van der Waals surface area contributed by atoms with Crippen molar-refractivity contribution >= 4 is 17.3 Å². The van der Waals surface area contributed by atoms with Crippen molar-refractivity contribution in [3.63, 3.8) is 0 Å². The second-order valence-corrected chi connectivity index (χ2v) is 5.82. The molecule has 3 N–H and O–H groups in total. The molecule has 138 valence electrons. The van der Waals surface area contributed by atoms with Gasteiger partial charge < -0.3 is 20.7 Å². The van der Waals surface area contributed by atoms with E-state index in [2.05, 4.69) is 50.0 Å². The lowest BCUT2D eigenvalue weighted by atomic mass is 10.1. The Morgan fingerprint density at radius 1 is 1.15 bits per heavy atom. The molecule has 2 aromatic heterocycles. The minimum atomic E-state index is 0.271. The van der Waals surface area contributed by atoms with Crippen molar-refractivity contribution < 1.29 is 4.74 Å². The van der Waals surface area contributed by atoms with Crippen LogP contribution in [0.25, 0.3) is 0 Å². The zero-order chi connectivity index (χ0) is 18.8. The Balaban J connectivity index is 0.000000342. The van der Waals surface area contributed by atoms with Gasteiger partial charge in [0.25, 0.3) is 0 Å². The van der Waals surface area contributed by atoms with E-state index in [9.17, 15) is 0 Å². The Morgan fingerprint density at radius 3 is 2.38 bits per heavy atom. The molecule has 3 heterocycles. The van der Waals surface area contributed by atoms with Crippen LogP contribution in [0.3, 0.4) is 0 Å². The van der Waals surface area contributed by atoms with Crippen molar-refractivity contribution in [2.24, 2.45) is 0 Å². The number of rotatable bonds is 4. The molecule has 2 aromatic rings. The Hall–Kier alpha value is -2.83. The fraction of sp³-hybridized carbons (Fsp3) is 0.471.